The lowest BCUT2D eigenvalue weighted by atomic mass is 9.97. The molecule has 24 heavy (non-hydrogen) atoms. The number of carboxylic acids is 1. The molecule has 0 aliphatic carbocycles. The number of aromatic nitrogens is 2. The molecule has 1 aromatic carbocycles. The molecular weight excluding hydrogens is 322 g/mol. The van der Waals surface area contributed by atoms with Crippen LogP contribution in [0, 0.1) is 5.92 Å². The fourth-order valence-corrected chi connectivity index (χ4v) is 4.21. The lowest BCUT2D eigenvalue weighted by Crippen LogP contribution is -2.39. The van der Waals surface area contributed by atoms with Crippen molar-refractivity contribution >= 4 is 33.3 Å². The van der Waals surface area contributed by atoms with Gasteiger partial charge in [-0.1, -0.05) is 30.3 Å². The van der Waals surface area contributed by atoms with Crippen LogP contribution in [0.15, 0.2) is 42.0 Å². The van der Waals surface area contributed by atoms with E-state index in [9.17, 15) is 9.90 Å². The first-order chi connectivity index (χ1) is 11.7. The molecule has 0 radical (unpaired) electrons. The Bertz CT molecular complexity index is 878. The zero-order chi connectivity index (χ0) is 16.5. The number of carboxylic acid groups (broad SMARTS) is 1. The highest BCUT2D eigenvalue weighted by atomic mass is 32.1. The van der Waals surface area contributed by atoms with Crippen LogP contribution in [0.4, 0.5) is 5.82 Å². The summed E-state index contributed by atoms with van der Waals surface area (Å²) in [4.78, 5) is 23.3. The summed E-state index contributed by atoms with van der Waals surface area (Å²) in [5, 5.41) is 12.5. The van der Waals surface area contributed by atoms with E-state index in [0.717, 1.165) is 46.5 Å². The maximum atomic E-state index is 11.4. The lowest BCUT2D eigenvalue weighted by Gasteiger charge is -2.32. The monoisotopic (exact) mass is 339 g/mol. The topological polar surface area (TPSA) is 66.3 Å². The summed E-state index contributed by atoms with van der Waals surface area (Å²) >= 11 is 1.60. The predicted octanol–water partition coefficient (Wildman–Crippen LogP) is 3.66. The van der Waals surface area contributed by atoms with Crippen molar-refractivity contribution in [3.8, 4) is 11.1 Å². The average Bonchev–Trinajstić information content (AvgIpc) is 3.07. The van der Waals surface area contributed by atoms with Crippen LogP contribution in [-0.4, -0.2) is 34.1 Å². The van der Waals surface area contributed by atoms with Gasteiger partial charge < -0.3 is 10.0 Å². The molecule has 3 heterocycles. The normalized spacial score (nSPS) is 18.0. The van der Waals surface area contributed by atoms with Crippen molar-refractivity contribution < 1.29 is 9.90 Å². The van der Waals surface area contributed by atoms with E-state index in [-0.39, 0.29) is 5.92 Å². The minimum Gasteiger partial charge on any atom is -0.481 e. The number of carbonyl (C=O) groups is 1. The summed E-state index contributed by atoms with van der Waals surface area (Å²) < 4.78 is 0. The number of piperidine rings is 1. The molecule has 2 aromatic heterocycles. The fraction of sp³-hybridized carbons (Fsp3) is 0.278. The minimum atomic E-state index is -0.724. The molecule has 1 atom stereocenters. The lowest BCUT2D eigenvalue weighted by molar-refractivity contribution is -0.141. The summed E-state index contributed by atoms with van der Waals surface area (Å²) in [7, 11) is 0. The van der Waals surface area contributed by atoms with Crippen LogP contribution in [0.2, 0.25) is 0 Å². The van der Waals surface area contributed by atoms with Crippen LogP contribution in [0.25, 0.3) is 21.3 Å². The number of benzene rings is 1. The summed E-state index contributed by atoms with van der Waals surface area (Å²) in [6.45, 7) is 1.34. The van der Waals surface area contributed by atoms with Gasteiger partial charge in [-0.15, -0.1) is 11.3 Å². The van der Waals surface area contributed by atoms with E-state index in [1.165, 1.54) is 0 Å². The van der Waals surface area contributed by atoms with E-state index in [4.69, 9.17) is 0 Å². The molecule has 0 unspecified atom stereocenters. The minimum absolute atomic E-state index is 0.331. The number of fused-ring (bicyclic) bond motifs is 1. The van der Waals surface area contributed by atoms with Gasteiger partial charge in [0.15, 0.2) is 0 Å². The SMILES string of the molecule is O=C(O)[C@@H]1CCCN(c2ncnc3scc(-c4ccccc4)c23)C1. The molecule has 6 heteroatoms. The highest BCUT2D eigenvalue weighted by Crippen LogP contribution is 2.38. The molecule has 0 spiro atoms. The van der Waals surface area contributed by atoms with Crippen molar-refractivity contribution in [1.29, 1.82) is 0 Å². The molecule has 1 N–H and O–H groups in total. The molecule has 1 saturated heterocycles. The maximum absolute atomic E-state index is 11.4. The third-order valence-corrected chi connectivity index (χ3v) is 5.39. The number of anilines is 1. The van der Waals surface area contributed by atoms with Crippen molar-refractivity contribution in [3.63, 3.8) is 0 Å². The van der Waals surface area contributed by atoms with E-state index < -0.39 is 5.97 Å². The second kappa shape index (κ2) is 6.20. The highest BCUT2D eigenvalue weighted by molar-refractivity contribution is 7.17. The second-order valence-electron chi connectivity index (χ2n) is 6.02. The van der Waals surface area contributed by atoms with E-state index >= 15 is 0 Å². The second-order valence-corrected chi connectivity index (χ2v) is 6.87. The van der Waals surface area contributed by atoms with Gasteiger partial charge in [-0.2, -0.15) is 0 Å². The van der Waals surface area contributed by atoms with Crippen LogP contribution in [0.1, 0.15) is 12.8 Å². The Hall–Kier alpha value is -2.47. The number of hydrogen-bond donors (Lipinski definition) is 1. The first-order valence-electron chi connectivity index (χ1n) is 7.99. The van der Waals surface area contributed by atoms with Gasteiger partial charge in [0.05, 0.1) is 11.3 Å². The highest BCUT2D eigenvalue weighted by Gasteiger charge is 2.28. The largest absolute Gasteiger partial charge is 0.481 e. The number of rotatable bonds is 3. The predicted molar refractivity (Wildman–Crippen MR) is 95.4 cm³/mol. The van der Waals surface area contributed by atoms with Crippen molar-refractivity contribution in [2.24, 2.45) is 5.92 Å². The van der Waals surface area contributed by atoms with Crippen molar-refractivity contribution in [1.82, 2.24) is 9.97 Å². The summed E-state index contributed by atoms with van der Waals surface area (Å²) in [5.41, 5.74) is 2.25. The van der Waals surface area contributed by atoms with Gasteiger partial charge >= 0.3 is 5.97 Å². The molecule has 122 valence electrons. The zero-order valence-corrected chi connectivity index (χ0v) is 13.9. The summed E-state index contributed by atoms with van der Waals surface area (Å²) in [6, 6.07) is 10.2. The molecule has 5 nitrogen and oxygen atoms in total. The van der Waals surface area contributed by atoms with Gasteiger partial charge in [0.1, 0.15) is 17.0 Å². The van der Waals surface area contributed by atoms with Gasteiger partial charge in [-0.05, 0) is 18.4 Å². The van der Waals surface area contributed by atoms with Crippen LogP contribution < -0.4 is 4.90 Å². The van der Waals surface area contributed by atoms with Crippen molar-refractivity contribution in [3.05, 3.63) is 42.0 Å². The van der Waals surface area contributed by atoms with E-state index in [0.29, 0.717) is 6.54 Å². The zero-order valence-electron chi connectivity index (χ0n) is 13.1. The molecule has 0 amide bonds. The fourth-order valence-electron chi connectivity index (χ4n) is 3.30. The molecule has 0 bridgehead atoms. The molecule has 4 rings (SSSR count). The Morgan fingerprint density at radius 1 is 1.25 bits per heavy atom. The Morgan fingerprint density at radius 3 is 2.88 bits per heavy atom. The molecule has 1 aliphatic heterocycles. The molecule has 1 aliphatic rings. The van der Waals surface area contributed by atoms with Crippen LogP contribution in [0.5, 0.6) is 0 Å². The van der Waals surface area contributed by atoms with Crippen molar-refractivity contribution in [2.75, 3.05) is 18.0 Å². The first-order valence-corrected chi connectivity index (χ1v) is 8.87. The van der Waals surface area contributed by atoms with Gasteiger partial charge in [0, 0.05) is 24.0 Å². The quantitative estimate of drug-likeness (QED) is 0.789. The van der Waals surface area contributed by atoms with Crippen molar-refractivity contribution in [2.45, 2.75) is 12.8 Å². The number of thiophene rings is 1. The summed E-state index contributed by atoms with van der Waals surface area (Å²) in [5.74, 6) is -0.202. The van der Waals surface area contributed by atoms with E-state index in [2.05, 4.69) is 32.4 Å². The van der Waals surface area contributed by atoms with E-state index in [1.807, 2.05) is 18.2 Å². The van der Waals surface area contributed by atoms with Gasteiger partial charge in [-0.25, -0.2) is 9.97 Å². The Morgan fingerprint density at radius 2 is 2.08 bits per heavy atom. The van der Waals surface area contributed by atoms with Crippen LogP contribution >= 0.6 is 11.3 Å². The first kappa shape index (κ1) is 15.1. The Labute approximate surface area is 143 Å². The van der Waals surface area contributed by atoms with Crippen LogP contribution in [0.3, 0.4) is 0 Å². The number of hydrogen-bond acceptors (Lipinski definition) is 5. The maximum Gasteiger partial charge on any atom is 0.308 e. The Kier molecular flexibility index (Phi) is 3.90. The van der Waals surface area contributed by atoms with Gasteiger partial charge in [-0.3, -0.25) is 4.79 Å². The van der Waals surface area contributed by atoms with Crippen LogP contribution in [-0.2, 0) is 4.79 Å². The Balaban J connectivity index is 1.81. The van der Waals surface area contributed by atoms with E-state index in [1.54, 1.807) is 17.7 Å². The third-order valence-electron chi connectivity index (χ3n) is 4.51. The number of aliphatic carboxylic acids is 1. The number of nitrogens with zero attached hydrogens (tertiary/aromatic N) is 3. The van der Waals surface area contributed by atoms with Gasteiger partial charge in [0.25, 0.3) is 0 Å². The molecular formula is C18H17N3O2S. The smallest absolute Gasteiger partial charge is 0.308 e. The molecule has 3 aromatic rings. The van der Waals surface area contributed by atoms with Gasteiger partial charge in [0.2, 0.25) is 0 Å². The molecule has 0 saturated carbocycles. The molecule has 1 fully saturated rings. The standard InChI is InChI=1S/C18H17N3O2S/c22-18(23)13-7-4-8-21(9-13)16-15-14(12-5-2-1-3-6-12)10-24-17(15)20-11-19-16/h1-3,5-6,10-11,13H,4,7-9H2,(H,22,23)/t13-/m1/s1. The average molecular weight is 339 g/mol. The third kappa shape index (κ3) is 2.63. The summed E-state index contributed by atoms with van der Waals surface area (Å²) in [6.07, 6.45) is 3.18.